The van der Waals surface area contributed by atoms with Crippen molar-refractivity contribution in [3.63, 3.8) is 0 Å². The Hall–Kier alpha value is -0.0400. The van der Waals surface area contributed by atoms with Gasteiger partial charge >= 0.3 is 0 Å². The molecule has 152 valence electrons. The van der Waals surface area contributed by atoms with Crippen LogP contribution in [0.4, 0.5) is 0 Å². The fraction of sp³-hybridized carbons (Fsp3) is 1.00. The van der Waals surface area contributed by atoms with Gasteiger partial charge in [0.05, 0.1) is 5.60 Å². The Balaban J connectivity index is 1.06. The highest BCUT2D eigenvalue weighted by Gasteiger charge is 2.61. The van der Waals surface area contributed by atoms with Crippen molar-refractivity contribution in [2.45, 2.75) is 115 Å². The summed E-state index contributed by atoms with van der Waals surface area (Å²) in [6, 6.07) is 0. The molecule has 27 heavy (non-hydrogen) atoms. The molecule has 1 heterocycles. The summed E-state index contributed by atoms with van der Waals surface area (Å²) in [6.45, 7) is 3.58. The number of hydrogen-bond donors (Lipinski definition) is 0. The van der Waals surface area contributed by atoms with Gasteiger partial charge in [-0.3, -0.25) is 0 Å². The second kappa shape index (κ2) is 6.23. The zero-order valence-electron chi connectivity index (χ0n) is 17.8. The maximum Gasteiger partial charge on any atom is 0.0718 e. The molecule has 0 aromatic heterocycles. The van der Waals surface area contributed by atoms with Crippen LogP contribution in [0.5, 0.6) is 0 Å². The first-order chi connectivity index (χ1) is 13.1. The quantitative estimate of drug-likeness (QED) is 0.511. The van der Waals surface area contributed by atoms with Crippen LogP contribution < -0.4 is 0 Å². The van der Waals surface area contributed by atoms with Crippen LogP contribution in [0.15, 0.2) is 0 Å². The number of hydrogen-bond acceptors (Lipinski definition) is 1. The van der Waals surface area contributed by atoms with Gasteiger partial charge in [0.15, 0.2) is 0 Å². The van der Waals surface area contributed by atoms with Gasteiger partial charge in [-0.2, -0.15) is 0 Å². The standard InChI is InChI=1S/C26H42O/c1-19-5-6-22(25(16-19)11-12-25)14-20-7-13-27-26(17-20)18-23(26)15-21-4-2-3-8-24(21)9-10-24/h19-23H,2-18H2,1H3/t19-,20?,21?,22?,23?,26?/m0/s1. The predicted octanol–water partition coefficient (Wildman–Crippen LogP) is 7.14. The van der Waals surface area contributed by atoms with E-state index in [1.807, 2.05) is 0 Å². The second-order valence-electron chi connectivity index (χ2n) is 12.4. The van der Waals surface area contributed by atoms with Gasteiger partial charge in [0.1, 0.15) is 0 Å². The van der Waals surface area contributed by atoms with E-state index < -0.39 is 0 Å². The summed E-state index contributed by atoms with van der Waals surface area (Å²) in [4.78, 5) is 0. The third-order valence-corrected chi connectivity index (χ3v) is 10.7. The fourth-order valence-corrected chi connectivity index (χ4v) is 8.57. The molecule has 0 radical (unpaired) electrons. The van der Waals surface area contributed by atoms with Gasteiger partial charge < -0.3 is 4.74 Å². The summed E-state index contributed by atoms with van der Waals surface area (Å²) < 4.78 is 6.52. The lowest BCUT2D eigenvalue weighted by molar-refractivity contribution is -0.0504. The third kappa shape index (κ3) is 3.13. The van der Waals surface area contributed by atoms with Crippen molar-refractivity contribution in [1.82, 2.24) is 0 Å². The Labute approximate surface area is 167 Å². The highest BCUT2D eigenvalue weighted by atomic mass is 16.5. The van der Waals surface area contributed by atoms with E-state index in [2.05, 4.69) is 6.92 Å². The van der Waals surface area contributed by atoms with Crippen molar-refractivity contribution >= 4 is 0 Å². The topological polar surface area (TPSA) is 9.23 Å². The molecule has 1 nitrogen and oxygen atoms in total. The largest absolute Gasteiger partial charge is 0.375 e. The van der Waals surface area contributed by atoms with E-state index >= 15 is 0 Å². The number of rotatable bonds is 4. The Kier molecular flexibility index (Phi) is 4.10. The van der Waals surface area contributed by atoms with E-state index in [4.69, 9.17) is 4.74 Å². The summed E-state index contributed by atoms with van der Waals surface area (Å²) >= 11 is 0. The van der Waals surface area contributed by atoms with Crippen molar-refractivity contribution in [2.24, 2.45) is 40.4 Å². The van der Waals surface area contributed by atoms with Gasteiger partial charge in [0.25, 0.3) is 0 Å². The van der Waals surface area contributed by atoms with Gasteiger partial charge in [0.2, 0.25) is 0 Å². The Morgan fingerprint density at radius 3 is 2.33 bits per heavy atom. The van der Waals surface area contributed by atoms with Crippen LogP contribution in [0.25, 0.3) is 0 Å². The smallest absolute Gasteiger partial charge is 0.0718 e. The molecule has 1 saturated heterocycles. The van der Waals surface area contributed by atoms with Crippen LogP contribution in [0, 0.1) is 40.4 Å². The zero-order valence-corrected chi connectivity index (χ0v) is 17.8. The molecule has 1 aliphatic heterocycles. The maximum absolute atomic E-state index is 6.52. The predicted molar refractivity (Wildman–Crippen MR) is 111 cm³/mol. The van der Waals surface area contributed by atoms with Gasteiger partial charge in [-0.05, 0) is 124 Å². The van der Waals surface area contributed by atoms with Crippen molar-refractivity contribution in [1.29, 1.82) is 0 Å². The normalized spacial score (nSPS) is 49.4. The lowest BCUT2D eigenvalue weighted by Crippen LogP contribution is -2.34. The Morgan fingerprint density at radius 2 is 1.52 bits per heavy atom. The highest BCUT2D eigenvalue weighted by molar-refractivity contribution is 5.11. The molecule has 5 saturated carbocycles. The Morgan fingerprint density at radius 1 is 0.704 bits per heavy atom. The molecular weight excluding hydrogens is 328 g/mol. The molecule has 0 N–H and O–H groups in total. The molecule has 6 fully saturated rings. The molecular formula is C26H42O. The molecule has 0 aromatic rings. The van der Waals surface area contributed by atoms with Gasteiger partial charge in [0, 0.05) is 6.61 Å². The second-order valence-corrected chi connectivity index (χ2v) is 12.4. The average Bonchev–Trinajstić information content (AvgIpc) is 3.58. The van der Waals surface area contributed by atoms with Crippen molar-refractivity contribution in [2.75, 3.05) is 6.61 Å². The fourth-order valence-electron chi connectivity index (χ4n) is 8.57. The molecule has 0 bridgehead atoms. The molecule has 6 rings (SSSR count). The maximum atomic E-state index is 6.52. The zero-order chi connectivity index (χ0) is 18.1. The van der Waals surface area contributed by atoms with E-state index in [1.54, 1.807) is 57.8 Å². The highest BCUT2D eigenvalue weighted by Crippen LogP contribution is 2.66. The minimum absolute atomic E-state index is 0.356. The van der Waals surface area contributed by atoms with Crippen LogP contribution in [-0.2, 0) is 4.74 Å². The summed E-state index contributed by atoms with van der Waals surface area (Å²) in [6.07, 6.45) is 24.3. The SMILES string of the molecule is C[C@H]1CCC(CC2CCOC3(C2)CC3CC2CCCCC23CC3)C2(CC2)C1. The first-order valence-electron chi connectivity index (χ1n) is 12.8. The number of ether oxygens (including phenoxy) is 1. The van der Waals surface area contributed by atoms with Crippen LogP contribution >= 0.6 is 0 Å². The van der Waals surface area contributed by atoms with Crippen molar-refractivity contribution in [3.05, 3.63) is 0 Å². The molecule has 0 amide bonds. The van der Waals surface area contributed by atoms with Gasteiger partial charge in [-0.1, -0.05) is 26.2 Å². The van der Waals surface area contributed by atoms with Crippen LogP contribution in [0.3, 0.4) is 0 Å². The van der Waals surface area contributed by atoms with Gasteiger partial charge in [-0.15, -0.1) is 0 Å². The summed E-state index contributed by atoms with van der Waals surface area (Å²) in [5.74, 6) is 5.05. The van der Waals surface area contributed by atoms with E-state index in [9.17, 15) is 0 Å². The van der Waals surface area contributed by atoms with Crippen molar-refractivity contribution in [3.8, 4) is 0 Å². The van der Waals surface area contributed by atoms with E-state index in [0.717, 1.165) is 47.0 Å². The molecule has 6 atom stereocenters. The summed E-state index contributed by atoms with van der Waals surface area (Å²) in [5, 5.41) is 0. The summed E-state index contributed by atoms with van der Waals surface area (Å²) in [5.41, 5.74) is 1.99. The van der Waals surface area contributed by atoms with Crippen LogP contribution in [0.1, 0.15) is 110 Å². The van der Waals surface area contributed by atoms with Crippen LogP contribution in [0.2, 0.25) is 0 Å². The van der Waals surface area contributed by atoms with E-state index in [0.29, 0.717) is 5.60 Å². The lowest BCUT2D eigenvalue weighted by atomic mass is 9.68. The Bertz CT molecular complexity index is 573. The monoisotopic (exact) mass is 370 g/mol. The first kappa shape index (κ1) is 17.8. The van der Waals surface area contributed by atoms with E-state index in [1.165, 1.54) is 44.9 Å². The molecule has 5 aliphatic carbocycles. The van der Waals surface area contributed by atoms with E-state index in [-0.39, 0.29) is 0 Å². The van der Waals surface area contributed by atoms with Gasteiger partial charge in [-0.25, -0.2) is 0 Å². The average molecular weight is 371 g/mol. The first-order valence-corrected chi connectivity index (χ1v) is 12.8. The molecule has 3 spiro atoms. The third-order valence-electron chi connectivity index (χ3n) is 10.7. The lowest BCUT2D eigenvalue weighted by Gasteiger charge is -2.40. The molecule has 1 heteroatoms. The van der Waals surface area contributed by atoms with Crippen molar-refractivity contribution < 1.29 is 4.74 Å². The molecule has 5 unspecified atom stereocenters. The van der Waals surface area contributed by atoms with Crippen LogP contribution in [-0.4, -0.2) is 12.2 Å². The molecule has 6 aliphatic rings. The minimum Gasteiger partial charge on any atom is -0.375 e. The summed E-state index contributed by atoms with van der Waals surface area (Å²) in [7, 11) is 0. The molecule has 0 aromatic carbocycles. The minimum atomic E-state index is 0.356.